The van der Waals surface area contributed by atoms with Crippen molar-refractivity contribution in [2.75, 3.05) is 19.0 Å². The molecule has 0 fully saturated rings. The van der Waals surface area contributed by atoms with E-state index in [-0.39, 0.29) is 12.0 Å². The number of benzene rings is 2. The fourth-order valence-electron chi connectivity index (χ4n) is 4.06. The zero-order chi connectivity index (χ0) is 20.4. The molecule has 2 aromatic carbocycles. The van der Waals surface area contributed by atoms with Gasteiger partial charge in [0.1, 0.15) is 5.75 Å². The van der Waals surface area contributed by atoms with Gasteiger partial charge in [-0.1, -0.05) is 42.8 Å². The lowest BCUT2D eigenvalue weighted by molar-refractivity contribution is 0.415. The molecule has 3 aromatic rings. The molecule has 0 radical (unpaired) electrons. The molecule has 1 aromatic heterocycles. The summed E-state index contributed by atoms with van der Waals surface area (Å²) >= 11 is 0. The van der Waals surface area contributed by atoms with Gasteiger partial charge >= 0.3 is 0 Å². The first-order chi connectivity index (χ1) is 14.1. The van der Waals surface area contributed by atoms with Crippen LogP contribution in [-0.2, 0) is 0 Å². The highest BCUT2D eigenvalue weighted by Gasteiger charge is 2.33. The summed E-state index contributed by atoms with van der Waals surface area (Å²) in [5.41, 5.74) is 7.95. The third-order valence-electron chi connectivity index (χ3n) is 5.59. The molecule has 4 heteroatoms. The molecule has 2 atom stereocenters. The number of nitrogens with one attached hydrogen (secondary N) is 1. The van der Waals surface area contributed by atoms with Crippen LogP contribution in [0.25, 0.3) is 11.1 Å². The summed E-state index contributed by atoms with van der Waals surface area (Å²) in [6.45, 7) is 7.16. The molecule has 29 heavy (non-hydrogen) atoms. The van der Waals surface area contributed by atoms with E-state index in [4.69, 9.17) is 9.73 Å². The van der Waals surface area contributed by atoms with Crippen molar-refractivity contribution in [3.8, 4) is 16.9 Å². The molecule has 148 valence electrons. The number of nitrogens with zero attached hydrogens (tertiary/aromatic N) is 2. The molecular formula is C25H27N3O. The Balaban J connectivity index is 1.87. The first kappa shape index (κ1) is 19.2. The van der Waals surface area contributed by atoms with Crippen molar-refractivity contribution in [3.05, 3.63) is 77.6 Å². The second kappa shape index (κ2) is 8.08. The van der Waals surface area contributed by atoms with Gasteiger partial charge in [0.15, 0.2) is 0 Å². The van der Waals surface area contributed by atoms with Gasteiger partial charge in [0.25, 0.3) is 0 Å². The minimum Gasteiger partial charge on any atom is -0.495 e. The van der Waals surface area contributed by atoms with Crippen molar-refractivity contribution in [3.63, 3.8) is 0 Å². The zero-order valence-electron chi connectivity index (χ0n) is 17.4. The fourth-order valence-corrected chi connectivity index (χ4v) is 4.06. The maximum Gasteiger partial charge on any atom is 0.143 e. The van der Waals surface area contributed by atoms with Gasteiger partial charge < -0.3 is 10.1 Å². The maximum atomic E-state index is 5.81. The Morgan fingerprint density at radius 1 is 1.10 bits per heavy atom. The molecule has 0 aliphatic carbocycles. The van der Waals surface area contributed by atoms with E-state index in [1.807, 2.05) is 12.3 Å². The van der Waals surface area contributed by atoms with E-state index in [0.717, 1.165) is 40.4 Å². The lowest BCUT2D eigenvalue weighted by Crippen LogP contribution is -2.32. The zero-order valence-corrected chi connectivity index (χ0v) is 17.4. The van der Waals surface area contributed by atoms with Gasteiger partial charge in [-0.3, -0.25) is 9.98 Å². The Morgan fingerprint density at radius 3 is 2.55 bits per heavy atom. The summed E-state index contributed by atoms with van der Waals surface area (Å²) in [4.78, 5) is 9.22. The summed E-state index contributed by atoms with van der Waals surface area (Å²) in [6, 6.07) is 17.1. The Bertz CT molecular complexity index is 1030. The van der Waals surface area contributed by atoms with Crippen molar-refractivity contribution in [2.45, 2.75) is 26.8 Å². The van der Waals surface area contributed by atoms with Gasteiger partial charge in [-0.2, -0.15) is 0 Å². The summed E-state index contributed by atoms with van der Waals surface area (Å²) in [6.07, 6.45) is 3.73. The third kappa shape index (κ3) is 3.63. The van der Waals surface area contributed by atoms with Gasteiger partial charge in [0.2, 0.25) is 0 Å². The third-order valence-corrected chi connectivity index (χ3v) is 5.59. The monoisotopic (exact) mass is 385 g/mol. The molecule has 1 aliphatic rings. The number of aryl methyl sites for hydroxylation is 1. The highest BCUT2D eigenvalue weighted by Crippen LogP contribution is 2.44. The van der Waals surface area contributed by atoms with Crippen LogP contribution < -0.4 is 10.1 Å². The van der Waals surface area contributed by atoms with E-state index >= 15 is 0 Å². The lowest BCUT2D eigenvalue weighted by atomic mass is 9.82. The normalized spacial score (nSPS) is 19.5. The number of anilines is 1. The Hall–Kier alpha value is -3.14. The maximum absolute atomic E-state index is 5.81. The Labute approximate surface area is 172 Å². The second-order valence-corrected chi connectivity index (χ2v) is 7.52. The quantitative estimate of drug-likeness (QED) is 0.629. The number of aromatic nitrogens is 1. The molecular weight excluding hydrogens is 358 g/mol. The first-order valence-corrected chi connectivity index (χ1v) is 10.1. The molecule has 1 aliphatic heterocycles. The summed E-state index contributed by atoms with van der Waals surface area (Å²) < 4.78 is 5.81. The van der Waals surface area contributed by atoms with Crippen LogP contribution in [0.5, 0.6) is 5.75 Å². The largest absolute Gasteiger partial charge is 0.495 e. The Kier molecular flexibility index (Phi) is 5.34. The van der Waals surface area contributed by atoms with Crippen molar-refractivity contribution < 1.29 is 4.74 Å². The van der Waals surface area contributed by atoms with Crippen molar-refractivity contribution >= 4 is 11.4 Å². The molecule has 0 amide bonds. The minimum atomic E-state index is 0.0978. The standard InChI is InChI=1S/C25H27N3O/c1-5-27-24-17(3)23(19-7-6-12-26-15-19)28-25-21(24)13-20(14-22(25)29-4)18-10-8-16(2)9-11-18/h6-15,17,23,28H,5H2,1-4H3. The van der Waals surface area contributed by atoms with Gasteiger partial charge in [-0.05, 0) is 48.7 Å². The SMILES string of the molecule is CCN=C1c2cc(-c3ccc(C)cc3)cc(OC)c2NC(c2cccnc2)C1C. The molecule has 0 saturated carbocycles. The van der Waals surface area contributed by atoms with Crippen molar-refractivity contribution in [1.29, 1.82) is 0 Å². The van der Waals surface area contributed by atoms with Crippen molar-refractivity contribution in [2.24, 2.45) is 10.9 Å². The lowest BCUT2D eigenvalue weighted by Gasteiger charge is -2.35. The van der Waals surface area contributed by atoms with Gasteiger partial charge in [0, 0.05) is 36.1 Å². The molecule has 2 heterocycles. The van der Waals surface area contributed by atoms with E-state index in [2.05, 4.69) is 73.5 Å². The Morgan fingerprint density at radius 2 is 1.90 bits per heavy atom. The fraction of sp³-hybridized carbons (Fsp3) is 0.280. The highest BCUT2D eigenvalue weighted by molar-refractivity contribution is 6.10. The van der Waals surface area contributed by atoms with Gasteiger partial charge in [-0.15, -0.1) is 0 Å². The van der Waals surface area contributed by atoms with Crippen LogP contribution in [0.4, 0.5) is 5.69 Å². The molecule has 0 bridgehead atoms. The van der Waals surface area contributed by atoms with E-state index in [0.29, 0.717) is 0 Å². The number of rotatable bonds is 4. The number of fused-ring (bicyclic) bond motifs is 1. The average Bonchev–Trinajstić information content (AvgIpc) is 2.76. The number of pyridine rings is 1. The van der Waals surface area contributed by atoms with Gasteiger partial charge in [-0.25, -0.2) is 0 Å². The minimum absolute atomic E-state index is 0.0978. The summed E-state index contributed by atoms with van der Waals surface area (Å²) in [7, 11) is 1.73. The number of ether oxygens (including phenoxy) is 1. The number of hydrogen-bond acceptors (Lipinski definition) is 4. The summed E-state index contributed by atoms with van der Waals surface area (Å²) in [5.74, 6) is 1.05. The van der Waals surface area contributed by atoms with Crippen LogP contribution in [0.2, 0.25) is 0 Å². The topological polar surface area (TPSA) is 46.5 Å². The van der Waals surface area contributed by atoms with Crippen LogP contribution in [0.1, 0.15) is 36.6 Å². The molecule has 0 spiro atoms. The van der Waals surface area contributed by atoms with Crippen LogP contribution in [0, 0.1) is 12.8 Å². The van der Waals surface area contributed by atoms with Crippen LogP contribution in [-0.4, -0.2) is 24.4 Å². The van der Waals surface area contributed by atoms with E-state index < -0.39 is 0 Å². The second-order valence-electron chi connectivity index (χ2n) is 7.52. The van der Waals surface area contributed by atoms with E-state index in [9.17, 15) is 0 Å². The van der Waals surface area contributed by atoms with Crippen LogP contribution in [0.3, 0.4) is 0 Å². The van der Waals surface area contributed by atoms with Crippen LogP contribution >= 0.6 is 0 Å². The van der Waals surface area contributed by atoms with E-state index in [1.54, 1.807) is 13.3 Å². The molecule has 4 rings (SSSR count). The molecule has 2 unspecified atom stereocenters. The van der Waals surface area contributed by atoms with Crippen molar-refractivity contribution in [1.82, 2.24) is 4.98 Å². The van der Waals surface area contributed by atoms with E-state index in [1.165, 1.54) is 11.1 Å². The first-order valence-electron chi connectivity index (χ1n) is 10.1. The number of methoxy groups -OCH3 is 1. The van der Waals surface area contributed by atoms with Gasteiger partial charge in [0.05, 0.1) is 18.8 Å². The molecule has 1 N–H and O–H groups in total. The van der Waals surface area contributed by atoms with Crippen LogP contribution in [0.15, 0.2) is 65.9 Å². The summed E-state index contributed by atoms with van der Waals surface area (Å²) in [5, 5.41) is 3.71. The number of hydrogen-bond donors (Lipinski definition) is 1. The smallest absolute Gasteiger partial charge is 0.143 e. The number of aliphatic imine (C=N–C) groups is 1. The molecule has 0 saturated heterocycles. The molecule has 4 nitrogen and oxygen atoms in total. The average molecular weight is 386 g/mol. The highest BCUT2D eigenvalue weighted by atomic mass is 16.5. The predicted molar refractivity (Wildman–Crippen MR) is 120 cm³/mol. The predicted octanol–water partition coefficient (Wildman–Crippen LogP) is 5.68.